The van der Waals surface area contributed by atoms with Gasteiger partial charge in [0.15, 0.2) is 5.11 Å². The van der Waals surface area contributed by atoms with Crippen LogP contribution in [-0.2, 0) is 6.54 Å². The second-order valence-corrected chi connectivity index (χ2v) is 9.92. The van der Waals surface area contributed by atoms with Crippen LogP contribution in [-0.4, -0.2) is 20.2 Å². The lowest BCUT2D eigenvalue weighted by molar-refractivity contribution is 0.396. The Bertz CT molecular complexity index is 1490. The summed E-state index contributed by atoms with van der Waals surface area (Å²) in [5, 5.41) is 8.60. The molecule has 0 aliphatic carbocycles. The van der Waals surface area contributed by atoms with Crippen LogP contribution in [0.1, 0.15) is 52.2 Å². The summed E-state index contributed by atoms with van der Waals surface area (Å²) in [5.74, 6) is 1.07. The molecular weight excluding hydrogens is 464 g/mol. The van der Waals surface area contributed by atoms with E-state index in [1.54, 1.807) is 0 Å². The van der Waals surface area contributed by atoms with Crippen molar-refractivity contribution in [2.24, 2.45) is 0 Å². The van der Waals surface area contributed by atoms with Crippen LogP contribution >= 0.6 is 12.2 Å². The lowest BCUT2D eigenvalue weighted by Crippen LogP contribution is -2.45. The number of benzene rings is 3. The fraction of sp³-hybridized carbons (Fsp3) is 0.233. The molecule has 0 amide bonds. The first-order valence-corrected chi connectivity index (χ1v) is 12.5. The molecule has 0 saturated carbocycles. The molecule has 6 heteroatoms. The van der Waals surface area contributed by atoms with Gasteiger partial charge in [0.25, 0.3) is 5.89 Å². The van der Waals surface area contributed by atoms with Gasteiger partial charge in [-0.1, -0.05) is 71.4 Å². The van der Waals surface area contributed by atoms with Crippen molar-refractivity contribution < 1.29 is 4.52 Å². The quantitative estimate of drug-likeness (QED) is 0.307. The molecule has 0 spiro atoms. The molecule has 1 aliphatic heterocycles. The number of rotatable bonds is 5. The first kappa shape index (κ1) is 23.9. The summed E-state index contributed by atoms with van der Waals surface area (Å²) in [5.41, 5.74) is 10.1. The van der Waals surface area contributed by atoms with E-state index < -0.39 is 0 Å². The Morgan fingerprint density at radius 3 is 2.44 bits per heavy atom. The highest BCUT2D eigenvalue weighted by atomic mass is 32.1. The Morgan fingerprint density at radius 2 is 1.69 bits per heavy atom. The van der Waals surface area contributed by atoms with Crippen molar-refractivity contribution in [2.75, 3.05) is 0 Å². The van der Waals surface area contributed by atoms with E-state index in [4.69, 9.17) is 21.7 Å². The maximum Gasteiger partial charge on any atom is 0.258 e. The summed E-state index contributed by atoms with van der Waals surface area (Å²) in [6, 6.07) is 22.8. The van der Waals surface area contributed by atoms with Gasteiger partial charge in [0.05, 0.1) is 18.2 Å². The highest BCUT2D eigenvalue weighted by molar-refractivity contribution is 7.80. The van der Waals surface area contributed by atoms with Crippen LogP contribution in [0.2, 0.25) is 0 Å². The minimum Gasteiger partial charge on any atom is -0.351 e. The second-order valence-electron chi connectivity index (χ2n) is 9.53. The van der Waals surface area contributed by atoms with Crippen LogP contribution in [0.15, 0.2) is 77.0 Å². The maximum atomic E-state index is 5.90. The van der Waals surface area contributed by atoms with Gasteiger partial charge in [0.2, 0.25) is 5.82 Å². The van der Waals surface area contributed by atoms with Crippen molar-refractivity contribution in [3.63, 3.8) is 0 Å². The highest BCUT2D eigenvalue weighted by Crippen LogP contribution is 2.38. The van der Waals surface area contributed by atoms with Crippen molar-refractivity contribution in [2.45, 2.75) is 47.2 Å². The highest BCUT2D eigenvalue weighted by Gasteiger charge is 2.34. The van der Waals surface area contributed by atoms with Gasteiger partial charge in [0, 0.05) is 11.3 Å². The van der Waals surface area contributed by atoms with Crippen molar-refractivity contribution >= 4 is 22.9 Å². The van der Waals surface area contributed by atoms with Crippen molar-refractivity contribution in [1.29, 1.82) is 0 Å². The molecule has 2 heterocycles. The van der Waals surface area contributed by atoms with E-state index in [0.717, 1.165) is 28.0 Å². The number of thiocarbonyl (C=S) groups is 1. The van der Waals surface area contributed by atoms with E-state index in [9.17, 15) is 0 Å². The first-order valence-electron chi connectivity index (χ1n) is 12.1. The fourth-order valence-electron chi connectivity index (χ4n) is 4.64. The molecule has 1 N–H and O–H groups in total. The zero-order chi connectivity index (χ0) is 25.4. The zero-order valence-corrected chi connectivity index (χ0v) is 22.1. The van der Waals surface area contributed by atoms with Crippen molar-refractivity contribution in [3.05, 3.63) is 112 Å². The molecule has 0 saturated heterocycles. The van der Waals surface area contributed by atoms with E-state index in [1.807, 2.05) is 12.1 Å². The van der Waals surface area contributed by atoms with Gasteiger partial charge in [-0.3, -0.25) is 0 Å². The Morgan fingerprint density at radius 1 is 0.889 bits per heavy atom. The predicted octanol–water partition coefficient (Wildman–Crippen LogP) is 6.83. The number of nitrogens with one attached hydrogen (secondary N) is 1. The molecule has 0 fully saturated rings. The predicted molar refractivity (Wildman–Crippen MR) is 148 cm³/mol. The first-order chi connectivity index (χ1) is 17.3. The Labute approximate surface area is 217 Å². The number of hydrogen-bond acceptors (Lipinski definition) is 4. The van der Waals surface area contributed by atoms with E-state index in [1.165, 1.54) is 22.3 Å². The largest absolute Gasteiger partial charge is 0.351 e. The minimum atomic E-state index is -0.198. The molecule has 5 nitrogen and oxygen atoms in total. The van der Waals surface area contributed by atoms with E-state index in [2.05, 4.69) is 105 Å². The topological polar surface area (TPSA) is 54.2 Å². The summed E-state index contributed by atoms with van der Waals surface area (Å²) >= 11 is 5.90. The van der Waals surface area contributed by atoms with Crippen LogP contribution in [0.5, 0.6) is 0 Å². The molecule has 0 bridgehead atoms. The average molecular weight is 495 g/mol. The molecule has 36 heavy (non-hydrogen) atoms. The number of allylic oxidation sites excluding steroid dienone is 1. The SMILES string of the molecule is CC1=C(c2nc(-c3cccc(C)c3)no2)C(c2ccc(C)c(C)c2)NC(=S)N1Cc1ccccc1C. The third-order valence-electron chi connectivity index (χ3n) is 6.98. The number of hydrogen-bond donors (Lipinski definition) is 1. The molecule has 5 rings (SSSR count). The molecule has 4 aromatic rings. The van der Waals surface area contributed by atoms with Gasteiger partial charge in [0.1, 0.15) is 0 Å². The number of nitrogens with zero attached hydrogens (tertiary/aromatic N) is 3. The molecular formula is C30H30N4OS. The molecule has 1 atom stereocenters. The van der Waals surface area contributed by atoms with Crippen LogP contribution in [0.4, 0.5) is 0 Å². The third-order valence-corrected chi connectivity index (χ3v) is 7.32. The van der Waals surface area contributed by atoms with Gasteiger partial charge < -0.3 is 14.7 Å². The van der Waals surface area contributed by atoms with E-state index in [0.29, 0.717) is 23.4 Å². The molecule has 1 aliphatic rings. The minimum absolute atomic E-state index is 0.198. The van der Waals surface area contributed by atoms with Crippen LogP contribution in [0, 0.1) is 27.7 Å². The smallest absolute Gasteiger partial charge is 0.258 e. The lowest BCUT2D eigenvalue weighted by Gasteiger charge is -2.37. The third kappa shape index (κ3) is 4.56. The monoisotopic (exact) mass is 494 g/mol. The standard InChI is InChI=1S/C30H30N4OS/c1-18-9-8-12-24(15-18)28-32-29(35-33-28)26-22(5)34(17-25-11-7-6-10-20(25)3)30(36)31-27(26)23-14-13-19(2)21(4)16-23/h6-16,27H,17H2,1-5H3,(H,31,36). The summed E-state index contributed by atoms with van der Waals surface area (Å²) in [6.07, 6.45) is 0. The summed E-state index contributed by atoms with van der Waals surface area (Å²) in [7, 11) is 0. The van der Waals surface area contributed by atoms with Gasteiger partial charge in [-0.2, -0.15) is 4.98 Å². The van der Waals surface area contributed by atoms with Crippen molar-refractivity contribution in [1.82, 2.24) is 20.4 Å². The molecule has 182 valence electrons. The van der Waals surface area contributed by atoms with Gasteiger partial charge in [-0.15, -0.1) is 0 Å². The van der Waals surface area contributed by atoms with E-state index >= 15 is 0 Å². The number of aryl methyl sites for hydroxylation is 4. The fourth-order valence-corrected chi connectivity index (χ4v) is 4.95. The van der Waals surface area contributed by atoms with Crippen LogP contribution in [0.3, 0.4) is 0 Å². The Hall–Kier alpha value is -3.77. The Kier molecular flexibility index (Phi) is 6.46. The molecule has 1 unspecified atom stereocenters. The van der Waals surface area contributed by atoms with Gasteiger partial charge in [-0.25, -0.2) is 0 Å². The molecule has 1 aromatic heterocycles. The average Bonchev–Trinajstić information content (AvgIpc) is 3.34. The number of aromatic nitrogens is 2. The summed E-state index contributed by atoms with van der Waals surface area (Å²) < 4.78 is 5.90. The zero-order valence-electron chi connectivity index (χ0n) is 21.3. The van der Waals surface area contributed by atoms with Crippen LogP contribution < -0.4 is 5.32 Å². The van der Waals surface area contributed by atoms with E-state index in [-0.39, 0.29) is 6.04 Å². The lowest BCUT2D eigenvalue weighted by atomic mass is 9.92. The van der Waals surface area contributed by atoms with Crippen LogP contribution in [0.25, 0.3) is 17.0 Å². The molecule has 3 aromatic carbocycles. The van der Waals surface area contributed by atoms with Gasteiger partial charge >= 0.3 is 0 Å². The molecule has 0 radical (unpaired) electrons. The summed E-state index contributed by atoms with van der Waals surface area (Å²) in [6.45, 7) is 11.2. The van der Waals surface area contributed by atoms with Crippen molar-refractivity contribution in [3.8, 4) is 11.4 Å². The maximum absolute atomic E-state index is 5.90. The second kappa shape index (κ2) is 9.70. The normalized spacial score (nSPS) is 15.9. The van der Waals surface area contributed by atoms with Gasteiger partial charge in [-0.05, 0) is 80.7 Å². The Balaban J connectivity index is 1.62. The summed E-state index contributed by atoms with van der Waals surface area (Å²) in [4.78, 5) is 6.98.